The number of rotatable bonds is 4. The molecule has 2 aromatic carbocycles. The van der Waals surface area contributed by atoms with E-state index in [2.05, 4.69) is 10.3 Å². The lowest BCUT2D eigenvalue weighted by Gasteiger charge is -2.00. The zero-order valence-electron chi connectivity index (χ0n) is 15.0. The van der Waals surface area contributed by atoms with Crippen LogP contribution in [0.4, 0.5) is 11.4 Å². The molecule has 0 radical (unpaired) electrons. The maximum absolute atomic E-state index is 12.3. The van der Waals surface area contributed by atoms with Gasteiger partial charge in [-0.05, 0) is 36.0 Å². The summed E-state index contributed by atoms with van der Waals surface area (Å²) in [5.74, 6) is 0.551. The van der Waals surface area contributed by atoms with Crippen molar-refractivity contribution in [1.82, 2.24) is 5.32 Å². The van der Waals surface area contributed by atoms with Crippen molar-refractivity contribution >= 4 is 63.5 Å². The van der Waals surface area contributed by atoms with Gasteiger partial charge in [0.1, 0.15) is 11.5 Å². The summed E-state index contributed by atoms with van der Waals surface area (Å²) in [6.07, 6.45) is 1.57. The third-order valence-electron chi connectivity index (χ3n) is 4.05. The average Bonchev–Trinajstić information content (AvgIpc) is 3.32. The fourth-order valence-corrected chi connectivity index (χ4v) is 3.81. The van der Waals surface area contributed by atoms with Gasteiger partial charge in [0.15, 0.2) is 5.17 Å². The van der Waals surface area contributed by atoms with Gasteiger partial charge in [-0.3, -0.25) is 14.9 Å². The zero-order valence-corrected chi connectivity index (χ0v) is 17.3. The van der Waals surface area contributed by atoms with Gasteiger partial charge in [0.2, 0.25) is 0 Å². The van der Waals surface area contributed by atoms with E-state index in [0.29, 0.717) is 42.9 Å². The Balaban J connectivity index is 1.57. The Morgan fingerprint density at radius 3 is 2.73 bits per heavy atom. The molecule has 0 saturated carbocycles. The highest BCUT2D eigenvalue weighted by Crippen LogP contribution is 2.35. The van der Waals surface area contributed by atoms with Crippen LogP contribution in [0.5, 0.6) is 0 Å². The lowest BCUT2D eigenvalue weighted by atomic mass is 10.1. The van der Waals surface area contributed by atoms with Crippen molar-refractivity contribution in [2.75, 3.05) is 0 Å². The molecule has 10 heteroatoms. The fourth-order valence-electron chi connectivity index (χ4n) is 2.66. The van der Waals surface area contributed by atoms with Gasteiger partial charge in [0.05, 0.1) is 25.6 Å². The van der Waals surface area contributed by atoms with Crippen LogP contribution in [0.15, 0.2) is 68.9 Å². The molecule has 0 atom stereocenters. The predicted octanol–water partition coefficient (Wildman–Crippen LogP) is 6.05. The Kier molecular flexibility index (Phi) is 5.63. The zero-order chi connectivity index (χ0) is 21.3. The normalized spacial score (nSPS) is 16.3. The molecular formula is C20H11Cl2N3O4S. The number of benzene rings is 2. The van der Waals surface area contributed by atoms with Crippen molar-refractivity contribution in [1.29, 1.82) is 0 Å². The molecule has 0 spiro atoms. The fraction of sp³-hybridized carbons (Fsp3) is 0. The minimum absolute atomic E-state index is 0.0324. The van der Waals surface area contributed by atoms with Crippen molar-refractivity contribution in [3.8, 4) is 11.3 Å². The van der Waals surface area contributed by atoms with E-state index in [1.807, 2.05) is 0 Å². The van der Waals surface area contributed by atoms with E-state index < -0.39 is 4.92 Å². The first-order valence-electron chi connectivity index (χ1n) is 8.49. The van der Waals surface area contributed by atoms with E-state index in [1.165, 1.54) is 12.1 Å². The van der Waals surface area contributed by atoms with Crippen LogP contribution in [0.1, 0.15) is 5.76 Å². The number of nitro groups is 1. The summed E-state index contributed by atoms with van der Waals surface area (Å²) in [7, 11) is 0. The van der Waals surface area contributed by atoms with Gasteiger partial charge in [0.25, 0.3) is 11.6 Å². The number of hydrogen-bond acceptors (Lipinski definition) is 6. The molecule has 1 amide bonds. The topological polar surface area (TPSA) is 97.7 Å². The average molecular weight is 460 g/mol. The van der Waals surface area contributed by atoms with Crippen LogP contribution in [0, 0.1) is 10.1 Å². The minimum Gasteiger partial charge on any atom is -0.457 e. The summed E-state index contributed by atoms with van der Waals surface area (Å²) in [4.78, 5) is 27.5. The molecule has 1 aliphatic rings. The second kappa shape index (κ2) is 8.35. The molecule has 30 heavy (non-hydrogen) atoms. The molecular weight excluding hydrogens is 449 g/mol. The molecule has 150 valence electrons. The van der Waals surface area contributed by atoms with Crippen molar-refractivity contribution < 1.29 is 14.1 Å². The van der Waals surface area contributed by atoms with Crippen molar-refractivity contribution in [2.45, 2.75) is 0 Å². The Morgan fingerprint density at radius 1 is 1.13 bits per heavy atom. The number of hydrogen-bond donors (Lipinski definition) is 1. The SMILES string of the molecule is O=C1NC(=Nc2cccc(Cl)c2Cl)SC1=Cc1ccc(-c2cccc([N+](=O)[O-])c2)o1. The smallest absolute Gasteiger partial charge is 0.270 e. The number of carbonyl (C=O) groups is 1. The number of carbonyl (C=O) groups excluding carboxylic acids is 1. The molecule has 1 saturated heterocycles. The standard InChI is InChI=1S/C20H11Cl2N3O4S/c21-14-5-2-6-15(18(14)22)23-20-24-19(26)17(30-20)10-13-7-8-16(29-13)11-3-1-4-12(9-11)25(27)28/h1-10H,(H,23,24,26). The first-order valence-corrected chi connectivity index (χ1v) is 10.1. The highest BCUT2D eigenvalue weighted by molar-refractivity contribution is 8.18. The number of furan rings is 1. The largest absolute Gasteiger partial charge is 0.457 e. The Hall–Kier alpha value is -3.07. The van der Waals surface area contributed by atoms with E-state index in [9.17, 15) is 14.9 Å². The lowest BCUT2D eigenvalue weighted by Crippen LogP contribution is -2.19. The van der Waals surface area contributed by atoms with Crippen LogP contribution in [-0.2, 0) is 4.79 Å². The quantitative estimate of drug-likeness (QED) is 0.290. The van der Waals surface area contributed by atoms with Crippen LogP contribution >= 0.6 is 35.0 Å². The molecule has 7 nitrogen and oxygen atoms in total. The summed E-state index contributed by atoms with van der Waals surface area (Å²) in [5.41, 5.74) is 0.976. The highest BCUT2D eigenvalue weighted by Gasteiger charge is 2.25. The third kappa shape index (κ3) is 4.25. The van der Waals surface area contributed by atoms with E-state index >= 15 is 0 Å². The van der Waals surface area contributed by atoms with Crippen molar-refractivity contribution in [2.24, 2.45) is 4.99 Å². The van der Waals surface area contributed by atoms with E-state index in [4.69, 9.17) is 27.6 Å². The van der Waals surface area contributed by atoms with Gasteiger partial charge in [-0.15, -0.1) is 0 Å². The van der Waals surface area contributed by atoms with E-state index in [-0.39, 0.29) is 11.6 Å². The molecule has 1 fully saturated rings. The molecule has 3 aromatic rings. The molecule has 0 bridgehead atoms. The number of amides is 1. The number of aliphatic imine (C=N–C) groups is 1. The molecule has 0 aliphatic carbocycles. The molecule has 1 aliphatic heterocycles. The van der Waals surface area contributed by atoms with Crippen LogP contribution in [0.3, 0.4) is 0 Å². The Bertz CT molecular complexity index is 1240. The van der Waals surface area contributed by atoms with Crippen LogP contribution in [0.25, 0.3) is 17.4 Å². The van der Waals surface area contributed by atoms with Gasteiger partial charge in [-0.2, -0.15) is 0 Å². The number of nitro benzene ring substituents is 1. The maximum Gasteiger partial charge on any atom is 0.270 e. The van der Waals surface area contributed by atoms with E-state index in [1.54, 1.807) is 48.5 Å². The number of nitrogens with zero attached hydrogens (tertiary/aromatic N) is 2. The number of nitrogens with one attached hydrogen (secondary N) is 1. The van der Waals surface area contributed by atoms with Gasteiger partial charge >= 0.3 is 0 Å². The minimum atomic E-state index is -0.470. The molecule has 1 aromatic heterocycles. The Labute approximate surface area is 184 Å². The summed E-state index contributed by atoms with van der Waals surface area (Å²) in [6.45, 7) is 0. The maximum atomic E-state index is 12.3. The Morgan fingerprint density at radius 2 is 1.93 bits per heavy atom. The second-order valence-corrected chi connectivity index (χ2v) is 7.88. The van der Waals surface area contributed by atoms with Gasteiger partial charge in [-0.1, -0.05) is 41.4 Å². The first kappa shape index (κ1) is 20.2. The van der Waals surface area contributed by atoms with Gasteiger partial charge in [0, 0.05) is 23.8 Å². The number of thioether (sulfide) groups is 1. The third-order valence-corrected chi connectivity index (χ3v) is 5.76. The summed E-state index contributed by atoms with van der Waals surface area (Å²) in [5, 5.41) is 14.6. The second-order valence-electron chi connectivity index (χ2n) is 6.06. The van der Waals surface area contributed by atoms with Crippen molar-refractivity contribution in [3.05, 3.63) is 85.4 Å². The van der Waals surface area contributed by atoms with E-state index in [0.717, 1.165) is 11.8 Å². The predicted molar refractivity (Wildman–Crippen MR) is 118 cm³/mol. The number of amidine groups is 1. The van der Waals surface area contributed by atoms with Crippen LogP contribution in [0.2, 0.25) is 10.0 Å². The summed E-state index contributed by atoms with van der Waals surface area (Å²) < 4.78 is 5.73. The highest BCUT2D eigenvalue weighted by atomic mass is 35.5. The molecule has 4 rings (SSSR count). The summed E-state index contributed by atoms with van der Waals surface area (Å²) in [6, 6.07) is 14.5. The van der Waals surface area contributed by atoms with Crippen molar-refractivity contribution in [3.63, 3.8) is 0 Å². The van der Waals surface area contributed by atoms with Gasteiger partial charge in [-0.25, -0.2) is 4.99 Å². The monoisotopic (exact) mass is 459 g/mol. The van der Waals surface area contributed by atoms with Crippen LogP contribution in [-0.4, -0.2) is 16.0 Å². The molecule has 2 heterocycles. The number of non-ortho nitro benzene ring substituents is 1. The van der Waals surface area contributed by atoms with Gasteiger partial charge < -0.3 is 9.73 Å². The number of halogens is 2. The molecule has 0 unspecified atom stereocenters. The molecule has 1 N–H and O–H groups in total. The first-order chi connectivity index (χ1) is 14.4. The summed E-state index contributed by atoms with van der Waals surface area (Å²) >= 11 is 13.3. The van der Waals surface area contributed by atoms with Crippen LogP contribution < -0.4 is 5.32 Å². The lowest BCUT2D eigenvalue weighted by molar-refractivity contribution is -0.384.